The summed E-state index contributed by atoms with van der Waals surface area (Å²) in [4.78, 5) is 13.1. The lowest BCUT2D eigenvalue weighted by molar-refractivity contribution is -0.146. The molecule has 1 fully saturated rings. The van der Waals surface area contributed by atoms with E-state index < -0.39 is 5.97 Å². The molecule has 0 unspecified atom stereocenters. The summed E-state index contributed by atoms with van der Waals surface area (Å²) in [5.74, 6) is -0.775. The van der Waals surface area contributed by atoms with Crippen LogP contribution in [-0.4, -0.2) is 29.1 Å². The van der Waals surface area contributed by atoms with Gasteiger partial charge >= 0.3 is 5.97 Å². The molecule has 0 aliphatic heterocycles. The highest BCUT2D eigenvalue weighted by molar-refractivity contribution is 5.71. The van der Waals surface area contributed by atoms with Crippen molar-refractivity contribution in [3.63, 3.8) is 0 Å². The van der Waals surface area contributed by atoms with E-state index in [-0.39, 0.29) is 5.92 Å². The monoisotopic (exact) mass is 247 g/mol. The summed E-state index contributed by atoms with van der Waals surface area (Å²) in [5, 5.41) is 8.88. The third-order valence-electron chi connectivity index (χ3n) is 4.00. The zero-order chi connectivity index (χ0) is 13.3. The average Bonchev–Trinajstić information content (AvgIpc) is 2.19. The standard InChI is InChI=1S/C15H21NO2/c1-10-4-5-12(11(2)6-10)9-16(3)14-7-13(8-14)15(17)18/h4-6,13-14H,7-9H2,1-3H3,(H,17,18). The molecule has 1 N–H and O–H groups in total. The molecule has 0 amide bonds. The fourth-order valence-corrected chi connectivity index (χ4v) is 2.57. The minimum Gasteiger partial charge on any atom is -0.481 e. The molecule has 0 atom stereocenters. The van der Waals surface area contributed by atoms with Crippen molar-refractivity contribution in [2.75, 3.05) is 7.05 Å². The van der Waals surface area contributed by atoms with Gasteiger partial charge in [-0.05, 0) is 44.9 Å². The molecular weight excluding hydrogens is 226 g/mol. The highest BCUT2D eigenvalue weighted by Crippen LogP contribution is 2.32. The van der Waals surface area contributed by atoms with Crippen molar-refractivity contribution in [3.05, 3.63) is 34.9 Å². The van der Waals surface area contributed by atoms with Crippen LogP contribution in [0, 0.1) is 19.8 Å². The molecule has 98 valence electrons. The zero-order valence-corrected chi connectivity index (χ0v) is 11.3. The van der Waals surface area contributed by atoms with E-state index in [1.807, 2.05) is 0 Å². The van der Waals surface area contributed by atoms with Crippen LogP contribution < -0.4 is 0 Å². The normalized spacial score (nSPS) is 22.9. The molecule has 1 saturated carbocycles. The van der Waals surface area contributed by atoms with Gasteiger partial charge in [0.25, 0.3) is 0 Å². The third-order valence-corrected chi connectivity index (χ3v) is 4.00. The van der Waals surface area contributed by atoms with Gasteiger partial charge in [-0.15, -0.1) is 0 Å². The Morgan fingerprint density at radius 3 is 2.61 bits per heavy atom. The maximum atomic E-state index is 10.8. The molecule has 1 aliphatic rings. The lowest BCUT2D eigenvalue weighted by Gasteiger charge is -2.39. The molecule has 0 heterocycles. The quantitative estimate of drug-likeness (QED) is 0.889. The Balaban J connectivity index is 1.92. The first kappa shape index (κ1) is 13.1. The molecule has 2 rings (SSSR count). The average molecular weight is 247 g/mol. The van der Waals surface area contributed by atoms with Gasteiger partial charge in [0.05, 0.1) is 5.92 Å². The van der Waals surface area contributed by atoms with E-state index in [4.69, 9.17) is 5.11 Å². The summed E-state index contributed by atoms with van der Waals surface area (Å²) < 4.78 is 0. The molecular formula is C15H21NO2. The van der Waals surface area contributed by atoms with Crippen molar-refractivity contribution in [3.8, 4) is 0 Å². The van der Waals surface area contributed by atoms with Crippen LogP contribution in [0.1, 0.15) is 29.5 Å². The molecule has 0 radical (unpaired) electrons. The Labute approximate surface area is 108 Å². The topological polar surface area (TPSA) is 40.5 Å². The second-order valence-electron chi connectivity index (χ2n) is 5.51. The Hall–Kier alpha value is -1.35. The molecule has 0 aromatic heterocycles. The number of carbonyl (C=O) groups is 1. The predicted octanol–water partition coefficient (Wildman–Crippen LogP) is 2.60. The number of benzene rings is 1. The van der Waals surface area contributed by atoms with E-state index in [0.29, 0.717) is 6.04 Å². The number of aliphatic carboxylic acids is 1. The minimum absolute atomic E-state index is 0.128. The number of rotatable bonds is 4. The van der Waals surface area contributed by atoms with Crippen LogP contribution in [0.25, 0.3) is 0 Å². The van der Waals surface area contributed by atoms with Gasteiger partial charge in [-0.2, -0.15) is 0 Å². The zero-order valence-electron chi connectivity index (χ0n) is 11.3. The number of hydrogen-bond donors (Lipinski definition) is 1. The largest absolute Gasteiger partial charge is 0.481 e. The van der Waals surface area contributed by atoms with Gasteiger partial charge in [0.1, 0.15) is 0 Å². The first-order chi connectivity index (χ1) is 8.47. The van der Waals surface area contributed by atoms with Gasteiger partial charge in [0.2, 0.25) is 0 Å². The smallest absolute Gasteiger partial charge is 0.306 e. The van der Waals surface area contributed by atoms with E-state index in [0.717, 1.165) is 19.4 Å². The van der Waals surface area contributed by atoms with Gasteiger partial charge in [-0.25, -0.2) is 0 Å². The maximum Gasteiger partial charge on any atom is 0.306 e. The molecule has 1 aromatic rings. The van der Waals surface area contributed by atoms with Crippen molar-refractivity contribution in [2.45, 2.75) is 39.3 Å². The predicted molar refractivity (Wildman–Crippen MR) is 71.5 cm³/mol. The van der Waals surface area contributed by atoms with Crippen LogP contribution in [0.15, 0.2) is 18.2 Å². The second-order valence-corrected chi connectivity index (χ2v) is 5.51. The van der Waals surface area contributed by atoms with Crippen molar-refractivity contribution in [2.24, 2.45) is 5.92 Å². The number of hydrogen-bond acceptors (Lipinski definition) is 2. The van der Waals surface area contributed by atoms with Gasteiger partial charge in [0.15, 0.2) is 0 Å². The van der Waals surface area contributed by atoms with E-state index in [2.05, 4.69) is 44.0 Å². The Bertz CT molecular complexity index is 450. The minimum atomic E-state index is -0.647. The van der Waals surface area contributed by atoms with Gasteiger partial charge in [-0.3, -0.25) is 9.69 Å². The summed E-state index contributed by atoms with van der Waals surface area (Å²) in [6, 6.07) is 6.93. The summed E-state index contributed by atoms with van der Waals surface area (Å²) in [6.45, 7) is 5.14. The summed E-state index contributed by atoms with van der Waals surface area (Å²) >= 11 is 0. The number of aryl methyl sites for hydroxylation is 2. The third kappa shape index (κ3) is 2.72. The molecule has 18 heavy (non-hydrogen) atoms. The van der Waals surface area contributed by atoms with E-state index in [9.17, 15) is 4.79 Å². The van der Waals surface area contributed by atoms with Crippen molar-refractivity contribution in [1.29, 1.82) is 0 Å². The van der Waals surface area contributed by atoms with Crippen LogP contribution in [-0.2, 0) is 11.3 Å². The van der Waals surface area contributed by atoms with Crippen molar-refractivity contribution >= 4 is 5.97 Å². The van der Waals surface area contributed by atoms with E-state index >= 15 is 0 Å². The fourth-order valence-electron chi connectivity index (χ4n) is 2.57. The highest BCUT2D eigenvalue weighted by Gasteiger charge is 2.36. The van der Waals surface area contributed by atoms with E-state index in [1.165, 1.54) is 16.7 Å². The molecule has 0 bridgehead atoms. The molecule has 1 aromatic carbocycles. The Morgan fingerprint density at radius 1 is 1.39 bits per heavy atom. The maximum absolute atomic E-state index is 10.8. The lowest BCUT2D eigenvalue weighted by atomic mass is 9.79. The van der Waals surface area contributed by atoms with Crippen LogP contribution >= 0.6 is 0 Å². The van der Waals surface area contributed by atoms with Crippen LogP contribution in [0.5, 0.6) is 0 Å². The Kier molecular flexibility index (Phi) is 3.71. The molecule has 3 nitrogen and oxygen atoms in total. The van der Waals surface area contributed by atoms with Crippen molar-refractivity contribution in [1.82, 2.24) is 4.90 Å². The van der Waals surface area contributed by atoms with Crippen molar-refractivity contribution < 1.29 is 9.90 Å². The molecule has 1 aliphatic carbocycles. The van der Waals surface area contributed by atoms with Crippen LogP contribution in [0.4, 0.5) is 0 Å². The fraction of sp³-hybridized carbons (Fsp3) is 0.533. The van der Waals surface area contributed by atoms with Gasteiger partial charge in [-0.1, -0.05) is 23.8 Å². The SMILES string of the molecule is Cc1ccc(CN(C)C2CC(C(=O)O)C2)c(C)c1. The summed E-state index contributed by atoms with van der Waals surface area (Å²) in [5.41, 5.74) is 3.94. The second kappa shape index (κ2) is 5.11. The lowest BCUT2D eigenvalue weighted by Crippen LogP contribution is -2.44. The highest BCUT2D eigenvalue weighted by atomic mass is 16.4. The van der Waals surface area contributed by atoms with Crippen LogP contribution in [0.3, 0.4) is 0 Å². The first-order valence-electron chi connectivity index (χ1n) is 6.46. The van der Waals surface area contributed by atoms with E-state index in [1.54, 1.807) is 0 Å². The van der Waals surface area contributed by atoms with Crippen LogP contribution in [0.2, 0.25) is 0 Å². The summed E-state index contributed by atoms with van der Waals surface area (Å²) in [6.07, 6.45) is 1.58. The number of carboxylic acid groups (broad SMARTS) is 1. The first-order valence-corrected chi connectivity index (χ1v) is 6.46. The van der Waals surface area contributed by atoms with Gasteiger partial charge < -0.3 is 5.11 Å². The number of carboxylic acids is 1. The molecule has 3 heteroatoms. The Morgan fingerprint density at radius 2 is 2.06 bits per heavy atom. The molecule has 0 spiro atoms. The summed E-state index contributed by atoms with van der Waals surface area (Å²) in [7, 11) is 2.09. The number of nitrogens with zero attached hydrogens (tertiary/aromatic N) is 1. The van der Waals surface area contributed by atoms with Gasteiger partial charge in [0, 0.05) is 12.6 Å². The molecule has 0 saturated heterocycles.